The van der Waals surface area contributed by atoms with Crippen LogP contribution in [-0.2, 0) is 4.79 Å². The molecule has 0 atom stereocenters. The highest BCUT2D eigenvalue weighted by Crippen LogP contribution is 2.13. The zero-order valence-corrected chi connectivity index (χ0v) is 16.0. The average Bonchev–Trinajstić information content (AvgIpc) is 2.73. The summed E-state index contributed by atoms with van der Waals surface area (Å²) in [5, 5.41) is 6.75. The third-order valence-electron chi connectivity index (χ3n) is 3.95. The molecule has 0 radical (unpaired) electrons. The number of hydrogen-bond acceptors (Lipinski definition) is 4. The van der Waals surface area contributed by atoms with Gasteiger partial charge in [-0.05, 0) is 54.4 Å². The molecule has 3 aromatic carbocycles. The molecule has 3 aromatic rings. The van der Waals surface area contributed by atoms with E-state index in [4.69, 9.17) is 4.74 Å². The van der Waals surface area contributed by atoms with E-state index >= 15 is 0 Å². The average molecular weight is 387 g/mol. The van der Waals surface area contributed by atoms with Crippen LogP contribution in [0.15, 0.2) is 84.0 Å². The Morgan fingerprint density at radius 2 is 1.76 bits per heavy atom. The molecule has 0 aliphatic heterocycles. The molecule has 0 fully saturated rings. The minimum atomic E-state index is -0.290. The Bertz CT molecular complexity index is 1020. The first-order valence-electron chi connectivity index (χ1n) is 9.08. The molecular formula is C23H21N3O3. The minimum absolute atomic E-state index is 0.112. The van der Waals surface area contributed by atoms with Gasteiger partial charge in [0.15, 0.2) is 6.61 Å². The lowest BCUT2D eigenvalue weighted by Gasteiger charge is -2.08. The number of carbonyl (C=O) groups is 2. The van der Waals surface area contributed by atoms with Crippen LogP contribution in [0.1, 0.15) is 21.5 Å². The molecule has 0 unspecified atom stereocenters. The van der Waals surface area contributed by atoms with Crippen LogP contribution in [0.5, 0.6) is 5.75 Å². The summed E-state index contributed by atoms with van der Waals surface area (Å²) in [4.78, 5) is 24.0. The summed E-state index contributed by atoms with van der Waals surface area (Å²) >= 11 is 0. The van der Waals surface area contributed by atoms with Crippen LogP contribution in [-0.4, -0.2) is 24.6 Å². The molecule has 3 rings (SSSR count). The highest BCUT2D eigenvalue weighted by molar-refractivity contribution is 5.95. The van der Waals surface area contributed by atoms with E-state index < -0.39 is 0 Å². The number of hydrogen-bond donors (Lipinski definition) is 2. The molecule has 6 nitrogen and oxygen atoms in total. The van der Waals surface area contributed by atoms with E-state index in [0.29, 0.717) is 11.3 Å². The molecule has 6 heteroatoms. The van der Waals surface area contributed by atoms with Crippen molar-refractivity contribution in [3.63, 3.8) is 0 Å². The van der Waals surface area contributed by atoms with Gasteiger partial charge in [-0.2, -0.15) is 5.10 Å². The molecule has 0 heterocycles. The third kappa shape index (κ3) is 6.32. The molecule has 29 heavy (non-hydrogen) atoms. The van der Waals surface area contributed by atoms with Crippen LogP contribution >= 0.6 is 0 Å². The quantitative estimate of drug-likeness (QED) is 0.478. The van der Waals surface area contributed by atoms with E-state index in [2.05, 4.69) is 15.8 Å². The molecule has 0 saturated heterocycles. The molecular weight excluding hydrogens is 366 g/mol. The van der Waals surface area contributed by atoms with Crippen LogP contribution in [0.3, 0.4) is 0 Å². The van der Waals surface area contributed by atoms with E-state index in [-0.39, 0.29) is 18.4 Å². The van der Waals surface area contributed by atoms with Gasteiger partial charge >= 0.3 is 0 Å². The first-order chi connectivity index (χ1) is 14.1. The van der Waals surface area contributed by atoms with Gasteiger partial charge in [0.05, 0.1) is 6.21 Å². The first-order valence-corrected chi connectivity index (χ1v) is 9.08. The lowest BCUT2D eigenvalue weighted by molar-refractivity contribution is -0.118. The van der Waals surface area contributed by atoms with Crippen molar-refractivity contribution in [2.24, 2.45) is 5.10 Å². The Kier molecular flexibility index (Phi) is 6.73. The SMILES string of the molecule is Cc1cccc(NC(=O)COc2cccc(/C=N/NC(=O)c3ccccc3)c2)c1. The smallest absolute Gasteiger partial charge is 0.271 e. The van der Waals surface area contributed by atoms with Gasteiger partial charge in [-0.3, -0.25) is 9.59 Å². The Balaban J connectivity index is 1.51. The highest BCUT2D eigenvalue weighted by atomic mass is 16.5. The summed E-state index contributed by atoms with van der Waals surface area (Å²) in [7, 11) is 0. The molecule has 0 spiro atoms. The van der Waals surface area contributed by atoms with E-state index in [9.17, 15) is 9.59 Å². The van der Waals surface area contributed by atoms with Crippen molar-refractivity contribution in [2.45, 2.75) is 6.92 Å². The Morgan fingerprint density at radius 3 is 2.55 bits per heavy atom. The van der Waals surface area contributed by atoms with Crippen molar-refractivity contribution < 1.29 is 14.3 Å². The van der Waals surface area contributed by atoms with Gasteiger partial charge in [0.2, 0.25) is 0 Å². The largest absolute Gasteiger partial charge is 0.484 e. The predicted molar refractivity (Wildman–Crippen MR) is 113 cm³/mol. The zero-order valence-electron chi connectivity index (χ0n) is 16.0. The third-order valence-corrected chi connectivity index (χ3v) is 3.95. The first kappa shape index (κ1) is 19.8. The van der Waals surface area contributed by atoms with Crippen LogP contribution in [0, 0.1) is 6.92 Å². The van der Waals surface area contributed by atoms with Crippen molar-refractivity contribution in [2.75, 3.05) is 11.9 Å². The molecule has 2 N–H and O–H groups in total. The van der Waals surface area contributed by atoms with Gasteiger partial charge in [-0.15, -0.1) is 0 Å². The molecule has 0 bridgehead atoms. The fourth-order valence-electron chi connectivity index (χ4n) is 2.57. The monoisotopic (exact) mass is 387 g/mol. The van der Waals surface area contributed by atoms with E-state index in [1.807, 2.05) is 43.3 Å². The summed E-state index contributed by atoms with van der Waals surface area (Å²) in [6, 6.07) is 23.5. The number of hydrazone groups is 1. The van der Waals surface area contributed by atoms with Crippen molar-refractivity contribution >= 4 is 23.7 Å². The van der Waals surface area contributed by atoms with Gasteiger partial charge < -0.3 is 10.1 Å². The van der Waals surface area contributed by atoms with Crippen LogP contribution < -0.4 is 15.5 Å². The van der Waals surface area contributed by atoms with Gasteiger partial charge in [0.25, 0.3) is 11.8 Å². The van der Waals surface area contributed by atoms with E-state index in [0.717, 1.165) is 16.8 Å². The summed E-state index contributed by atoms with van der Waals surface area (Å²) in [5.41, 5.74) is 5.53. The number of nitrogens with zero attached hydrogens (tertiary/aromatic N) is 1. The molecule has 146 valence electrons. The second-order valence-corrected chi connectivity index (χ2v) is 6.34. The number of anilines is 1. The Hall–Kier alpha value is -3.93. The lowest BCUT2D eigenvalue weighted by atomic mass is 10.2. The fraction of sp³-hybridized carbons (Fsp3) is 0.0870. The summed E-state index contributed by atoms with van der Waals surface area (Å²) in [5.74, 6) is -0.00500. The number of nitrogens with one attached hydrogen (secondary N) is 2. The number of aryl methyl sites for hydroxylation is 1. The maximum atomic E-state index is 12.1. The Labute approximate surface area is 169 Å². The van der Waals surface area contributed by atoms with Crippen molar-refractivity contribution in [3.05, 3.63) is 95.6 Å². The number of amides is 2. The van der Waals surface area contributed by atoms with E-state index in [1.165, 1.54) is 6.21 Å². The Morgan fingerprint density at radius 1 is 0.966 bits per heavy atom. The molecule has 0 aliphatic rings. The minimum Gasteiger partial charge on any atom is -0.484 e. The second-order valence-electron chi connectivity index (χ2n) is 6.34. The molecule has 0 aliphatic carbocycles. The number of rotatable bonds is 7. The standard InChI is InChI=1S/C23H21N3O3/c1-17-7-5-11-20(13-17)25-22(27)16-29-21-12-6-8-18(14-21)15-24-26-23(28)19-9-3-2-4-10-19/h2-15H,16H2,1H3,(H,25,27)(H,26,28)/b24-15+. The van der Waals surface area contributed by atoms with Gasteiger partial charge in [0.1, 0.15) is 5.75 Å². The van der Waals surface area contributed by atoms with Gasteiger partial charge in [0, 0.05) is 11.3 Å². The molecule has 2 amide bonds. The van der Waals surface area contributed by atoms with E-state index in [1.54, 1.807) is 42.5 Å². The van der Waals surface area contributed by atoms with Crippen molar-refractivity contribution in [1.29, 1.82) is 0 Å². The summed E-state index contributed by atoms with van der Waals surface area (Å²) < 4.78 is 5.55. The van der Waals surface area contributed by atoms with Gasteiger partial charge in [-0.1, -0.05) is 42.5 Å². The summed E-state index contributed by atoms with van der Waals surface area (Å²) in [6.45, 7) is 1.85. The number of benzene rings is 3. The zero-order chi connectivity index (χ0) is 20.5. The maximum Gasteiger partial charge on any atom is 0.271 e. The van der Waals surface area contributed by atoms with Gasteiger partial charge in [-0.25, -0.2) is 5.43 Å². The van der Waals surface area contributed by atoms with Crippen LogP contribution in [0.25, 0.3) is 0 Å². The van der Waals surface area contributed by atoms with Crippen molar-refractivity contribution in [3.8, 4) is 5.75 Å². The highest BCUT2D eigenvalue weighted by Gasteiger charge is 2.05. The summed E-state index contributed by atoms with van der Waals surface area (Å²) in [6.07, 6.45) is 1.51. The predicted octanol–water partition coefficient (Wildman–Crippen LogP) is 3.78. The second kappa shape index (κ2) is 9.85. The normalized spacial score (nSPS) is 10.5. The van der Waals surface area contributed by atoms with Crippen molar-refractivity contribution in [1.82, 2.24) is 5.43 Å². The maximum absolute atomic E-state index is 12.1. The molecule has 0 aromatic heterocycles. The number of ether oxygens (including phenoxy) is 1. The lowest BCUT2D eigenvalue weighted by Crippen LogP contribution is -2.20. The van der Waals surface area contributed by atoms with Crippen LogP contribution in [0.4, 0.5) is 5.69 Å². The fourth-order valence-corrected chi connectivity index (χ4v) is 2.57. The molecule has 0 saturated carbocycles. The number of carbonyl (C=O) groups excluding carboxylic acids is 2. The van der Waals surface area contributed by atoms with Crippen LogP contribution in [0.2, 0.25) is 0 Å². The topological polar surface area (TPSA) is 79.8 Å².